The molecule has 1 N–H and O–H groups in total. The Morgan fingerprint density at radius 3 is 2.57 bits per heavy atom. The average Bonchev–Trinajstić information content (AvgIpc) is 3.11. The van der Waals surface area contributed by atoms with Gasteiger partial charge < -0.3 is 5.32 Å². The summed E-state index contributed by atoms with van der Waals surface area (Å²) in [5.41, 5.74) is 4.17. The Kier molecular flexibility index (Phi) is 2.81. The van der Waals surface area contributed by atoms with Crippen molar-refractivity contribution in [2.45, 2.75) is 18.4 Å². The van der Waals surface area contributed by atoms with E-state index in [4.69, 9.17) is 0 Å². The summed E-state index contributed by atoms with van der Waals surface area (Å²) in [6.45, 7) is 0. The lowest BCUT2D eigenvalue weighted by molar-refractivity contribution is 0.426. The monoisotopic (exact) mass is 297 g/mol. The van der Waals surface area contributed by atoms with Gasteiger partial charge in [0.1, 0.15) is 0 Å². The molecule has 1 heteroatoms. The summed E-state index contributed by atoms with van der Waals surface area (Å²) in [5.74, 6) is 1.15. The molecule has 1 aliphatic carbocycles. The van der Waals surface area contributed by atoms with Gasteiger partial charge in [0.25, 0.3) is 0 Å². The van der Waals surface area contributed by atoms with Crippen molar-refractivity contribution < 1.29 is 0 Å². The fraction of sp³-hybridized carbons (Fsp3) is 0.182. The summed E-state index contributed by atoms with van der Waals surface area (Å²) in [5, 5.41) is 6.54. The van der Waals surface area contributed by atoms with Crippen LogP contribution in [0.4, 0.5) is 5.69 Å². The molecule has 0 fully saturated rings. The van der Waals surface area contributed by atoms with E-state index >= 15 is 0 Å². The van der Waals surface area contributed by atoms with Gasteiger partial charge in [0.05, 0.1) is 6.04 Å². The fourth-order valence-electron chi connectivity index (χ4n) is 4.33. The first-order valence-corrected chi connectivity index (χ1v) is 8.41. The van der Waals surface area contributed by atoms with Crippen LogP contribution in [0.5, 0.6) is 0 Å². The van der Waals surface area contributed by atoms with E-state index in [0.717, 1.165) is 6.42 Å². The van der Waals surface area contributed by atoms with E-state index in [-0.39, 0.29) is 0 Å². The highest BCUT2D eigenvalue weighted by molar-refractivity contribution is 5.96. The van der Waals surface area contributed by atoms with Crippen molar-refractivity contribution in [1.82, 2.24) is 0 Å². The minimum atomic E-state index is 0.384. The van der Waals surface area contributed by atoms with E-state index in [9.17, 15) is 0 Å². The van der Waals surface area contributed by atoms with Crippen LogP contribution in [0.1, 0.15) is 29.5 Å². The van der Waals surface area contributed by atoms with Crippen LogP contribution in [0, 0.1) is 5.92 Å². The zero-order chi connectivity index (χ0) is 15.2. The predicted molar refractivity (Wildman–Crippen MR) is 96.7 cm³/mol. The number of benzene rings is 3. The Balaban J connectivity index is 1.72. The van der Waals surface area contributed by atoms with Crippen LogP contribution in [-0.4, -0.2) is 0 Å². The molecule has 23 heavy (non-hydrogen) atoms. The summed E-state index contributed by atoms with van der Waals surface area (Å²) in [7, 11) is 0. The molecule has 0 spiro atoms. The standard InChI is InChI=1S/C22H19N/c1-2-8-16(9-3-1)21-19-12-6-11-18(19)20-14-13-15-7-4-5-10-17(15)22(20)23-21/h1-11,13-14,18-19,21,23H,12H2. The summed E-state index contributed by atoms with van der Waals surface area (Å²) >= 11 is 0. The molecule has 3 unspecified atom stereocenters. The largest absolute Gasteiger partial charge is 0.377 e. The van der Waals surface area contributed by atoms with Crippen molar-refractivity contribution in [1.29, 1.82) is 0 Å². The van der Waals surface area contributed by atoms with Crippen molar-refractivity contribution in [3.05, 3.63) is 90.0 Å². The van der Waals surface area contributed by atoms with E-state index < -0.39 is 0 Å². The van der Waals surface area contributed by atoms with Crippen LogP contribution in [0.2, 0.25) is 0 Å². The van der Waals surface area contributed by atoms with Crippen molar-refractivity contribution in [2.24, 2.45) is 5.92 Å². The summed E-state index contributed by atoms with van der Waals surface area (Å²) in [6, 6.07) is 24.6. The molecule has 1 nitrogen and oxygen atoms in total. The highest BCUT2D eigenvalue weighted by atomic mass is 15.0. The SMILES string of the molecule is C1=CC2c3ccc4ccccc4c3NC(c3ccccc3)C2C1. The van der Waals surface area contributed by atoms with Crippen molar-refractivity contribution in [3.8, 4) is 0 Å². The zero-order valence-electron chi connectivity index (χ0n) is 12.9. The quantitative estimate of drug-likeness (QED) is 0.571. The summed E-state index contributed by atoms with van der Waals surface area (Å²) < 4.78 is 0. The van der Waals surface area contributed by atoms with Crippen molar-refractivity contribution >= 4 is 16.5 Å². The van der Waals surface area contributed by atoms with Gasteiger partial charge >= 0.3 is 0 Å². The molecule has 0 radical (unpaired) electrons. The topological polar surface area (TPSA) is 12.0 Å². The Morgan fingerprint density at radius 1 is 0.826 bits per heavy atom. The Bertz CT molecular complexity index is 894. The molecule has 0 bridgehead atoms. The number of rotatable bonds is 1. The number of anilines is 1. The van der Waals surface area contributed by atoms with Crippen LogP contribution >= 0.6 is 0 Å². The number of fused-ring (bicyclic) bond motifs is 5. The van der Waals surface area contributed by atoms with Gasteiger partial charge in [-0.05, 0) is 28.9 Å². The summed E-state index contributed by atoms with van der Waals surface area (Å²) in [6.07, 6.45) is 5.93. The van der Waals surface area contributed by atoms with Crippen LogP contribution < -0.4 is 5.32 Å². The van der Waals surface area contributed by atoms with Crippen molar-refractivity contribution in [3.63, 3.8) is 0 Å². The number of nitrogens with one attached hydrogen (secondary N) is 1. The second-order valence-corrected chi connectivity index (χ2v) is 6.64. The summed E-state index contributed by atoms with van der Waals surface area (Å²) in [4.78, 5) is 0. The van der Waals surface area contributed by atoms with Gasteiger partial charge in [0, 0.05) is 17.0 Å². The van der Waals surface area contributed by atoms with Gasteiger partial charge in [-0.2, -0.15) is 0 Å². The van der Waals surface area contributed by atoms with Gasteiger partial charge in [0.2, 0.25) is 0 Å². The highest BCUT2D eigenvalue weighted by Crippen LogP contribution is 2.51. The van der Waals surface area contributed by atoms with Gasteiger partial charge in [-0.3, -0.25) is 0 Å². The van der Waals surface area contributed by atoms with Crippen LogP contribution in [-0.2, 0) is 0 Å². The molecular formula is C22H19N. The third-order valence-corrected chi connectivity index (χ3v) is 5.42. The highest BCUT2D eigenvalue weighted by Gasteiger charge is 2.38. The molecule has 0 aromatic heterocycles. The molecule has 0 saturated heterocycles. The van der Waals surface area contributed by atoms with Crippen LogP contribution in [0.3, 0.4) is 0 Å². The van der Waals surface area contributed by atoms with Crippen LogP contribution in [0.25, 0.3) is 10.8 Å². The van der Waals surface area contributed by atoms with Gasteiger partial charge in [-0.25, -0.2) is 0 Å². The molecule has 3 atom stereocenters. The van der Waals surface area contributed by atoms with Gasteiger partial charge in [-0.15, -0.1) is 0 Å². The molecule has 2 aliphatic rings. The van der Waals surface area contributed by atoms with E-state index in [0.29, 0.717) is 17.9 Å². The Labute approximate surface area is 136 Å². The predicted octanol–water partition coefficient (Wildman–Crippen LogP) is 5.67. The van der Waals surface area contributed by atoms with Gasteiger partial charge in [0.15, 0.2) is 0 Å². The second-order valence-electron chi connectivity index (χ2n) is 6.64. The maximum atomic E-state index is 3.89. The minimum absolute atomic E-state index is 0.384. The third-order valence-electron chi connectivity index (χ3n) is 5.42. The van der Waals surface area contributed by atoms with E-state index in [1.807, 2.05) is 0 Å². The van der Waals surface area contributed by atoms with Gasteiger partial charge in [-0.1, -0.05) is 78.9 Å². The molecule has 1 aliphatic heterocycles. The lowest BCUT2D eigenvalue weighted by Crippen LogP contribution is -2.29. The van der Waals surface area contributed by atoms with Crippen molar-refractivity contribution in [2.75, 3.05) is 5.32 Å². The first-order chi connectivity index (χ1) is 11.4. The number of hydrogen-bond acceptors (Lipinski definition) is 1. The number of allylic oxidation sites excluding steroid dienone is 2. The molecule has 1 heterocycles. The molecular weight excluding hydrogens is 278 g/mol. The lowest BCUT2D eigenvalue weighted by Gasteiger charge is -2.38. The van der Waals surface area contributed by atoms with E-state index in [1.165, 1.54) is 27.6 Å². The first-order valence-electron chi connectivity index (χ1n) is 8.41. The first kappa shape index (κ1) is 13.0. The van der Waals surface area contributed by atoms with Crippen LogP contribution in [0.15, 0.2) is 78.9 Å². The normalized spacial score (nSPS) is 25.0. The van der Waals surface area contributed by atoms with E-state index in [2.05, 4.69) is 84.2 Å². The molecule has 3 aromatic rings. The maximum Gasteiger partial charge on any atom is 0.0554 e. The minimum Gasteiger partial charge on any atom is -0.377 e. The zero-order valence-corrected chi connectivity index (χ0v) is 12.9. The fourth-order valence-corrected chi connectivity index (χ4v) is 4.33. The molecule has 5 rings (SSSR count). The average molecular weight is 297 g/mol. The van der Waals surface area contributed by atoms with E-state index in [1.54, 1.807) is 0 Å². The smallest absolute Gasteiger partial charge is 0.0554 e. The molecule has 112 valence electrons. The maximum absolute atomic E-state index is 3.89. The third kappa shape index (κ3) is 1.93. The Hall–Kier alpha value is -2.54. The molecule has 3 aromatic carbocycles. The second kappa shape index (κ2) is 4.99. The lowest BCUT2D eigenvalue weighted by atomic mass is 9.76. The molecule has 0 saturated carbocycles. The Morgan fingerprint density at radius 2 is 1.65 bits per heavy atom. The molecule has 0 amide bonds. The number of hydrogen-bond donors (Lipinski definition) is 1.